The molecule has 0 N–H and O–H groups in total. The standard InChI is InChI=1S/C9H13F3O2/c1-3-6-4-5-7(13-2)8(6)14-9(10,11)12/h5-8H,1,3-4H2,2H3. The van der Waals surface area contributed by atoms with Crippen molar-refractivity contribution < 1.29 is 22.6 Å². The SMILES string of the molecule is [CH2]CC1C[CH]C(OC)C1OC(F)(F)F. The third-order valence-electron chi connectivity index (χ3n) is 2.37. The maximum absolute atomic E-state index is 12.0. The lowest BCUT2D eigenvalue weighted by Gasteiger charge is -2.24. The van der Waals surface area contributed by atoms with Gasteiger partial charge in [-0.15, -0.1) is 13.2 Å². The van der Waals surface area contributed by atoms with Crippen LogP contribution in [0, 0.1) is 19.3 Å². The molecule has 0 aromatic carbocycles. The Morgan fingerprint density at radius 3 is 2.57 bits per heavy atom. The molecule has 3 unspecified atom stereocenters. The molecule has 0 spiro atoms. The van der Waals surface area contributed by atoms with E-state index in [1.54, 1.807) is 6.42 Å². The first-order chi connectivity index (χ1) is 6.48. The van der Waals surface area contributed by atoms with E-state index in [2.05, 4.69) is 11.7 Å². The molecule has 0 aromatic rings. The van der Waals surface area contributed by atoms with E-state index < -0.39 is 18.6 Å². The van der Waals surface area contributed by atoms with Gasteiger partial charge in [-0.3, -0.25) is 4.74 Å². The minimum Gasteiger partial charge on any atom is -0.378 e. The Morgan fingerprint density at radius 2 is 2.14 bits per heavy atom. The van der Waals surface area contributed by atoms with Gasteiger partial charge in [0.2, 0.25) is 0 Å². The summed E-state index contributed by atoms with van der Waals surface area (Å²) in [7, 11) is 1.37. The van der Waals surface area contributed by atoms with Crippen molar-refractivity contribution in [1.29, 1.82) is 0 Å². The van der Waals surface area contributed by atoms with Gasteiger partial charge in [-0.25, -0.2) is 0 Å². The number of methoxy groups -OCH3 is 1. The van der Waals surface area contributed by atoms with Gasteiger partial charge in [0.1, 0.15) is 0 Å². The second-order valence-electron chi connectivity index (χ2n) is 3.25. The van der Waals surface area contributed by atoms with Gasteiger partial charge in [0.15, 0.2) is 0 Å². The smallest absolute Gasteiger partial charge is 0.378 e. The van der Waals surface area contributed by atoms with Crippen LogP contribution in [0.3, 0.4) is 0 Å². The Bertz CT molecular complexity index is 169. The normalized spacial score (nSPS) is 33.6. The second-order valence-corrected chi connectivity index (χ2v) is 3.25. The van der Waals surface area contributed by atoms with Crippen molar-refractivity contribution >= 4 is 0 Å². The summed E-state index contributed by atoms with van der Waals surface area (Å²) in [6.07, 6.45) is -3.46. The van der Waals surface area contributed by atoms with E-state index in [4.69, 9.17) is 4.74 Å². The van der Waals surface area contributed by atoms with Crippen molar-refractivity contribution in [2.75, 3.05) is 7.11 Å². The van der Waals surface area contributed by atoms with Crippen LogP contribution in [0.5, 0.6) is 0 Å². The van der Waals surface area contributed by atoms with Crippen LogP contribution in [-0.2, 0) is 9.47 Å². The molecule has 1 saturated carbocycles. The highest BCUT2D eigenvalue weighted by Crippen LogP contribution is 2.35. The van der Waals surface area contributed by atoms with Gasteiger partial charge in [-0.1, -0.05) is 6.92 Å². The molecule has 0 amide bonds. The van der Waals surface area contributed by atoms with E-state index in [1.165, 1.54) is 7.11 Å². The van der Waals surface area contributed by atoms with Crippen LogP contribution in [0.15, 0.2) is 0 Å². The molecule has 1 aliphatic carbocycles. The third-order valence-corrected chi connectivity index (χ3v) is 2.37. The lowest BCUT2D eigenvalue weighted by Crippen LogP contribution is -2.35. The minimum absolute atomic E-state index is 0.207. The summed E-state index contributed by atoms with van der Waals surface area (Å²) in [6.45, 7) is 3.59. The quantitative estimate of drug-likeness (QED) is 0.711. The summed E-state index contributed by atoms with van der Waals surface area (Å²) in [5.41, 5.74) is 0. The van der Waals surface area contributed by atoms with Gasteiger partial charge < -0.3 is 4.74 Å². The molecule has 82 valence electrons. The molecule has 3 atom stereocenters. The maximum Gasteiger partial charge on any atom is 0.522 e. The molecule has 5 heteroatoms. The van der Waals surface area contributed by atoms with Crippen LogP contribution >= 0.6 is 0 Å². The summed E-state index contributed by atoms with van der Waals surface area (Å²) in [5.74, 6) is -0.207. The Balaban J connectivity index is 2.60. The molecular weight excluding hydrogens is 197 g/mol. The molecule has 1 fully saturated rings. The number of halogens is 3. The summed E-state index contributed by atoms with van der Waals surface area (Å²) in [4.78, 5) is 0. The molecule has 0 aliphatic heterocycles. The summed E-state index contributed by atoms with van der Waals surface area (Å²) in [5, 5.41) is 0. The molecule has 0 bridgehead atoms. The van der Waals surface area contributed by atoms with Crippen molar-refractivity contribution in [3.05, 3.63) is 13.3 Å². The fourth-order valence-corrected chi connectivity index (χ4v) is 1.68. The number of alkyl halides is 3. The predicted octanol–water partition coefficient (Wildman–Crippen LogP) is 2.35. The summed E-state index contributed by atoms with van der Waals surface area (Å²) in [6, 6.07) is 0. The van der Waals surface area contributed by atoms with Crippen molar-refractivity contribution in [2.24, 2.45) is 5.92 Å². The highest BCUT2D eigenvalue weighted by molar-refractivity contribution is 4.98. The zero-order valence-electron chi connectivity index (χ0n) is 7.88. The predicted molar refractivity (Wildman–Crippen MR) is 44.1 cm³/mol. The Kier molecular flexibility index (Phi) is 3.78. The van der Waals surface area contributed by atoms with E-state index in [-0.39, 0.29) is 5.92 Å². The van der Waals surface area contributed by atoms with E-state index in [0.717, 1.165) is 0 Å². The van der Waals surface area contributed by atoms with Crippen molar-refractivity contribution in [1.82, 2.24) is 0 Å². The van der Waals surface area contributed by atoms with Crippen LogP contribution in [0.25, 0.3) is 0 Å². The number of hydrogen-bond donors (Lipinski definition) is 0. The zero-order valence-corrected chi connectivity index (χ0v) is 7.88. The van der Waals surface area contributed by atoms with Crippen LogP contribution in [0.4, 0.5) is 13.2 Å². The molecule has 1 aliphatic rings. The molecule has 0 aromatic heterocycles. The fraction of sp³-hybridized carbons (Fsp3) is 0.778. The first-order valence-electron chi connectivity index (χ1n) is 4.38. The van der Waals surface area contributed by atoms with Crippen LogP contribution in [-0.4, -0.2) is 25.7 Å². The number of hydrogen-bond acceptors (Lipinski definition) is 2. The van der Waals surface area contributed by atoms with Gasteiger partial charge in [0.25, 0.3) is 0 Å². The van der Waals surface area contributed by atoms with E-state index in [9.17, 15) is 13.2 Å². The zero-order chi connectivity index (χ0) is 10.8. The molecule has 2 radical (unpaired) electrons. The molecule has 0 saturated heterocycles. The van der Waals surface area contributed by atoms with Crippen molar-refractivity contribution in [3.8, 4) is 0 Å². The van der Waals surface area contributed by atoms with E-state index in [1.807, 2.05) is 0 Å². The molecule has 2 nitrogen and oxygen atoms in total. The van der Waals surface area contributed by atoms with Crippen molar-refractivity contribution in [3.63, 3.8) is 0 Å². The highest BCUT2D eigenvalue weighted by atomic mass is 19.4. The van der Waals surface area contributed by atoms with Crippen molar-refractivity contribution in [2.45, 2.75) is 31.4 Å². The van der Waals surface area contributed by atoms with E-state index >= 15 is 0 Å². The van der Waals surface area contributed by atoms with Gasteiger partial charge in [-0.05, 0) is 25.2 Å². The molecular formula is C9H13F3O2. The summed E-state index contributed by atoms with van der Waals surface area (Å²) < 4.78 is 44.9. The van der Waals surface area contributed by atoms with Crippen LogP contribution in [0.1, 0.15) is 12.8 Å². The lowest BCUT2D eigenvalue weighted by molar-refractivity contribution is -0.353. The lowest BCUT2D eigenvalue weighted by atomic mass is 10.0. The molecule has 0 heterocycles. The average Bonchev–Trinajstić information content (AvgIpc) is 2.44. The van der Waals surface area contributed by atoms with E-state index in [0.29, 0.717) is 12.8 Å². The Morgan fingerprint density at radius 1 is 1.50 bits per heavy atom. The monoisotopic (exact) mass is 210 g/mol. The van der Waals surface area contributed by atoms with Gasteiger partial charge in [0.05, 0.1) is 12.2 Å². The second kappa shape index (κ2) is 4.49. The largest absolute Gasteiger partial charge is 0.522 e. The maximum atomic E-state index is 12.0. The van der Waals surface area contributed by atoms with Gasteiger partial charge in [-0.2, -0.15) is 0 Å². The fourth-order valence-electron chi connectivity index (χ4n) is 1.68. The van der Waals surface area contributed by atoms with Crippen LogP contribution in [0.2, 0.25) is 0 Å². The average molecular weight is 210 g/mol. The third kappa shape index (κ3) is 2.85. The molecule has 1 rings (SSSR count). The van der Waals surface area contributed by atoms with Crippen LogP contribution < -0.4 is 0 Å². The highest BCUT2D eigenvalue weighted by Gasteiger charge is 2.44. The number of rotatable bonds is 3. The summed E-state index contributed by atoms with van der Waals surface area (Å²) >= 11 is 0. The first-order valence-corrected chi connectivity index (χ1v) is 4.38. The topological polar surface area (TPSA) is 18.5 Å². The molecule has 14 heavy (non-hydrogen) atoms. The van der Waals surface area contributed by atoms with Gasteiger partial charge in [0, 0.05) is 7.11 Å². The first kappa shape index (κ1) is 11.8. The van der Waals surface area contributed by atoms with Gasteiger partial charge >= 0.3 is 6.36 Å². The Labute approximate surface area is 81.4 Å². The minimum atomic E-state index is -4.60. The Hall–Kier alpha value is -0.290. The number of ether oxygens (including phenoxy) is 2.